The van der Waals surface area contributed by atoms with Gasteiger partial charge in [0, 0.05) is 45.3 Å². The number of hydrogen-bond acceptors (Lipinski definition) is 5. The van der Waals surface area contributed by atoms with Gasteiger partial charge in [0.15, 0.2) is 6.10 Å². The number of ether oxygens (including phenoxy) is 2. The molecule has 0 bridgehead atoms. The zero-order chi connectivity index (χ0) is 26.2. The van der Waals surface area contributed by atoms with Crippen LogP contribution in [0.25, 0.3) is 22.2 Å². The van der Waals surface area contributed by atoms with Gasteiger partial charge in [-0.3, -0.25) is 4.98 Å². The van der Waals surface area contributed by atoms with E-state index >= 15 is 0 Å². The van der Waals surface area contributed by atoms with Gasteiger partial charge in [-0.2, -0.15) is 0 Å². The number of hydrogen-bond donors (Lipinski definition) is 0. The Morgan fingerprint density at radius 1 is 1.11 bits per heavy atom. The van der Waals surface area contributed by atoms with Crippen LogP contribution in [0, 0.1) is 20.8 Å². The Bertz CT molecular complexity index is 1400. The molecular formula is C29H32ClN3O3. The summed E-state index contributed by atoms with van der Waals surface area (Å²) in [6.45, 7) is 12.5. The summed E-state index contributed by atoms with van der Waals surface area (Å²) in [5.41, 5.74) is 6.76. The van der Waals surface area contributed by atoms with Gasteiger partial charge in [0.2, 0.25) is 0 Å². The first-order chi connectivity index (χ1) is 17.0. The molecule has 6 nitrogen and oxygen atoms in total. The molecule has 4 rings (SSSR count). The Kier molecular flexibility index (Phi) is 7.21. The lowest BCUT2D eigenvalue weighted by Crippen LogP contribution is -2.29. The van der Waals surface area contributed by atoms with Crippen LogP contribution in [0.4, 0.5) is 0 Å². The fourth-order valence-corrected chi connectivity index (χ4v) is 4.71. The van der Waals surface area contributed by atoms with E-state index in [0.717, 1.165) is 39.0 Å². The molecule has 0 spiro atoms. The van der Waals surface area contributed by atoms with Gasteiger partial charge in [0.05, 0.1) is 19.3 Å². The van der Waals surface area contributed by atoms with E-state index in [2.05, 4.69) is 29.5 Å². The van der Waals surface area contributed by atoms with Gasteiger partial charge in [0.25, 0.3) is 0 Å². The zero-order valence-corrected chi connectivity index (χ0v) is 22.6. The number of methoxy groups -OCH3 is 1. The summed E-state index contributed by atoms with van der Waals surface area (Å²) in [6.07, 6.45) is 2.69. The highest BCUT2D eigenvalue weighted by Crippen LogP contribution is 2.42. The van der Waals surface area contributed by atoms with E-state index in [1.54, 1.807) is 6.20 Å². The van der Waals surface area contributed by atoms with Crippen molar-refractivity contribution in [1.29, 1.82) is 0 Å². The zero-order valence-electron chi connectivity index (χ0n) is 21.8. The van der Waals surface area contributed by atoms with Crippen molar-refractivity contribution in [1.82, 2.24) is 14.5 Å². The molecule has 1 unspecified atom stereocenters. The Balaban J connectivity index is 2.08. The monoisotopic (exact) mass is 505 g/mol. The highest BCUT2D eigenvalue weighted by atomic mass is 35.5. The molecule has 0 amide bonds. The summed E-state index contributed by atoms with van der Waals surface area (Å²) in [7, 11) is 1.38. The summed E-state index contributed by atoms with van der Waals surface area (Å²) in [4.78, 5) is 22.4. The number of carbonyl (C=O) groups is 1. The average Bonchev–Trinajstić information content (AvgIpc) is 3.06. The minimum Gasteiger partial charge on any atom is -0.467 e. The minimum absolute atomic E-state index is 0.464. The molecule has 0 aliphatic rings. The number of rotatable bonds is 6. The summed E-state index contributed by atoms with van der Waals surface area (Å²) in [6, 6.07) is 11.6. The first-order valence-corrected chi connectivity index (χ1v) is 12.3. The van der Waals surface area contributed by atoms with Crippen LogP contribution in [0.15, 0.2) is 48.8 Å². The molecule has 0 fully saturated rings. The standard InChI is InChI=1S/C29H32ClN3O3/c1-17-19(3)33(16-20-9-8-14-31-15-20)27-23(17)25(21-10-12-22(30)13-11-21)24(18(2)32-27)26(28(34)35-7)36-29(4,5)6/h8-15,26H,16H2,1-7H3. The second-order valence-electron chi connectivity index (χ2n) is 9.98. The van der Waals surface area contributed by atoms with Gasteiger partial charge >= 0.3 is 5.97 Å². The quantitative estimate of drug-likeness (QED) is 0.271. The Morgan fingerprint density at radius 2 is 1.81 bits per heavy atom. The van der Waals surface area contributed by atoms with Crippen LogP contribution < -0.4 is 0 Å². The van der Waals surface area contributed by atoms with E-state index in [4.69, 9.17) is 26.1 Å². The van der Waals surface area contributed by atoms with Gasteiger partial charge in [-0.1, -0.05) is 29.8 Å². The molecule has 1 aromatic carbocycles. The summed E-state index contributed by atoms with van der Waals surface area (Å²) in [5.74, 6) is -0.464. The van der Waals surface area contributed by atoms with E-state index in [1.165, 1.54) is 7.11 Å². The van der Waals surface area contributed by atoms with E-state index in [-0.39, 0.29) is 0 Å². The molecule has 7 heteroatoms. The number of benzene rings is 1. The fourth-order valence-electron chi connectivity index (χ4n) is 4.59. The van der Waals surface area contributed by atoms with Crippen molar-refractivity contribution < 1.29 is 14.3 Å². The lowest BCUT2D eigenvalue weighted by atomic mass is 9.91. The van der Waals surface area contributed by atoms with Gasteiger partial charge in [-0.05, 0) is 76.4 Å². The van der Waals surface area contributed by atoms with Gasteiger partial charge in [-0.15, -0.1) is 0 Å². The molecule has 3 aromatic heterocycles. The van der Waals surface area contributed by atoms with Crippen molar-refractivity contribution in [3.8, 4) is 11.1 Å². The van der Waals surface area contributed by atoms with Crippen molar-refractivity contribution in [2.24, 2.45) is 0 Å². The van der Waals surface area contributed by atoms with Crippen molar-refractivity contribution in [3.05, 3.63) is 81.9 Å². The van der Waals surface area contributed by atoms with Gasteiger partial charge in [0.1, 0.15) is 5.65 Å². The predicted molar refractivity (Wildman–Crippen MR) is 143 cm³/mol. The molecule has 3 heterocycles. The maximum Gasteiger partial charge on any atom is 0.339 e. The topological polar surface area (TPSA) is 66.2 Å². The number of aryl methyl sites for hydroxylation is 2. The highest BCUT2D eigenvalue weighted by Gasteiger charge is 2.34. The molecule has 36 heavy (non-hydrogen) atoms. The molecular weight excluding hydrogens is 474 g/mol. The lowest BCUT2D eigenvalue weighted by molar-refractivity contribution is -0.164. The van der Waals surface area contributed by atoms with Crippen molar-refractivity contribution in [2.75, 3.05) is 7.11 Å². The maximum atomic E-state index is 13.1. The number of halogens is 1. The van der Waals surface area contributed by atoms with Crippen LogP contribution in [0.2, 0.25) is 5.02 Å². The van der Waals surface area contributed by atoms with E-state index in [1.807, 2.05) is 64.2 Å². The normalized spacial score (nSPS) is 12.7. The number of esters is 1. The number of fused-ring (bicyclic) bond motifs is 1. The molecule has 4 aromatic rings. The smallest absolute Gasteiger partial charge is 0.339 e. The molecule has 188 valence electrons. The third kappa shape index (κ3) is 5.01. The second kappa shape index (κ2) is 10.0. The predicted octanol–water partition coefficient (Wildman–Crippen LogP) is 6.75. The first-order valence-electron chi connectivity index (χ1n) is 11.9. The summed E-state index contributed by atoms with van der Waals surface area (Å²) in [5, 5.41) is 1.62. The van der Waals surface area contributed by atoms with E-state index in [9.17, 15) is 4.79 Å². The number of carbonyl (C=O) groups excluding carboxylic acids is 1. The second-order valence-corrected chi connectivity index (χ2v) is 10.4. The number of pyridine rings is 2. The average molecular weight is 506 g/mol. The summed E-state index contributed by atoms with van der Waals surface area (Å²) < 4.78 is 13.7. The van der Waals surface area contributed by atoms with Crippen LogP contribution in [0.1, 0.15) is 55.0 Å². The Labute approximate surface area is 217 Å². The third-order valence-corrected chi connectivity index (χ3v) is 6.58. The van der Waals surface area contributed by atoms with Gasteiger partial charge in [-0.25, -0.2) is 9.78 Å². The van der Waals surface area contributed by atoms with E-state index < -0.39 is 17.7 Å². The van der Waals surface area contributed by atoms with Crippen LogP contribution in [0.3, 0.4) is 0 Å². The Hall–Kier alpha value is -3.22. The SMILES string of the molecule is COC(=O)C(OC(C)(C)C)c1c(C)nc2c(c(C)c(C)n2Cc2cccnc2)c1-c1ccc(Cl)cc1. The molecule has 0 aliphatic carbocycles. The van der Waals surface area contributed by atoms with Crippen LogP contribution in [-0.4, -0.2) is 33.2 Å². The summed E-state index contributed by atoms with van der Waals surface area (Å²) >= 11 is 6.24. The minimum atomic E-state index is -0.945. The van der Waals surface area contributed by atoms with Crippen molar-refractivity contribution >= 4 is 28.6 Å². The van der Waals surface area contributed by atoms with Crippen LogP contribution in [0.5, 0.6) is 0 Å². The maximum absolute atomic E-state index is 13.1. The molecule has 0 aliphatic heterocycles. The van der Waals surface area contributed by atoms with Crippen molar-refractivity contribution in [2.45, 2.75) is 59.8 Å². The van der Waals surface area contributed by atoms with Crippen LogP contribution in [-0.2, 0) is 20.8 Å². The first kappa shape index (κ1) is 25.9. The third-order valence-electron chi connectivity index (χ3n) is 6.33. The van der Waals surface area contributed by atoms with Gasteiger partial charge < -0.3 is 14.0 Å². The molecule has 0 radical (unpaired) electrons. The number of nitrogens with zero attached hydrogens (tertiary/aromatic N) is 3. The fraction of sp³-hybridized carbons (Fsp3) is 0.345. The largest absolute Gasteiger partial charge is 0.467 e. The lowest BCUT2D eigenvalue weighted by Gasteiger charge is -2.29. The molecule has 0 N–H and O–H groups in total. The highest BCUT2D eigenvalue weighted by molar-refractivity contribution is 6.30. The van der Waals surface area contributed by atoms with E-state index in [0.29, 0.717) is 22.8 Å². The Morgan fingerprint density at radius 3 is 2.39 bits per heavy atom. The number of aromatic nitrogens is 3. The molecule has 1 atom stereocenters. The molecule has 0 saturated heterocycles. The molecule has 0 saturated carbocycles. The van der Waals surface area contributed by atoms with Crippen LogP contribution >= 0.6 is 11.6 Å². The van der Waals surface area contributed by atoms with Crippen molar-refractivity contribution in [3.63, 3.8) is 0 Å².